The van der Waals surface area contributed by atoms with Gasteiger partial charge in [-0.15, -0.1) is 22.7 Å². The predicted molar refractivity (Wildman–Crippen MR) is 87.3 cm³/mol. The number of aromatic nitrogens is 2. The smallest absolute Gasteiger partial charge is 0.243 e. The lowest BCUT2D eigenvalue weighted by molar-refractivity contribution is -0.124. The summed E-state index contributed by atoms with van der Waals surface area (Å²) in [5, 5.41) is 8.34. The van der Waals surface area contributed by atoms with Gasteiger partial charge in [0.15, 0.2) is 5.13 Å². The first-order valence-corrected chi connectivity index (χ1v) is 8.87. The number of rotatable bonds is 4. The highest BCUT2D eigenvalue weighted by molar-refractivity contribution is 7.13. The van der Waals surface area contributed by atoms with E-state index in [4.69, 9.17) is 4.74 Å². The molecule has 1 amide bonds. The minimum absolute atomic E-state index is 0.0362. The molecule has 0 aliphatic carbocycles. The molecule has 1 aliphatic heterocycles. The highest BCUT2D eigenvalue weighted by Gasteiger charge is 2.30. The number of aryl methyl sites for hydroxylation is 1. The number of nitrogens with zero attached hydrogens (tertiary/aromatic N) is 3. The van der Waals surface area contributed by atoms with E-state index in [0.29, 0.717) is 18.3 Å². The number of ether oxygens (including phenoxy) is 1. The Bertz CT molecular complexity index is 629. The second-order valence-corrected chi connectivity index (χ2v) is 6.97. The van der Waals surface area contributed by atoms with Gasteiger partial charge < -0.3 is 10.1 Å². The van der Waals surface area contributed by atoms with E-state index in [-0.39, 0.29) is 18.1 Å². The molecule has 1 saturated heterocycles. The van der Waals surface area contributed by atoms with Crippen molar-refractivity contribution in [3.63, 3.8) is 0 Å². The monoisotopic (exact) mass is 338 g/mol. The SMILES string of the molecule is Cc1csc(C2CN(C(C)C(=O)Nc3nccs3)CCO2)n1. The molecule has 8 heteroatoms. The zero-order chi connectivity index (χ0) is 15.5. The molecule has 0 bridgehead atoms. The van der Waals surface area contributed by atoms with Crippen LogP contribution in [0.3, 0.4) is 0 Å². The Balaban J connectivity index is 1.62. The fourth-order valence-corrected chi connectivity index (χ4v) is 3.72. The maximum atomic E-state index is 12.3. The van der Waals surface area contributed by atoms with Gasteiger partial charge in [0, 0.05) is 35.7 Å². The molecule has 3 heterocycles. The summed E-state index contributed by atoms with van der Waals surface area (Å²) in [6.45, 7) is 5.92. The van der Waals surface area contributed by atoms with E-state index in [2.05, 4.69) is 20.2 Å². The first kappa shape index (κ1) is 15.5. The summed E-state index contributed by atoms with van der Waals surface area (Å²) in [5.74, 6) is -0.0362. The summed E-state index contributed by atoms with van der Waals surface area (Å²) in [5.41, 5.74) is 1.01. The fraction of sp³-hybridized carbons (Fsp3) is 0.500. The van der Waals surface area contributed by atoms with Crippen LogP contribution in [0.1, 0.15) is 23.7 Å². The van der Waals surface area contributed by atoms with Crippen LogP contribution in [0.4, 0.5) is 5.13 Å². The van der Waals surface area contributed by atoms with Crippen molar-refractivity contribution < 1.29 is 9.53 Å². The maximum Gasteiger partial charge on any atom is 0.243 e. The van der Waals surface area contributed by atoms with Crippen molar-refractivity contribution in [2.45, 2.75) is 26.0 Å². The summed E-state index contributed by atoms with van der Waals surface area (Å²) in [6, 6.07) is -0.226. The zero-order valence-corrected chi connectivity index (χ0v) is 14.1. The number of hydrogen-bond acceptors (Lipinski definition) is 7. The van der Waals surface area contributed by atoms with Gasteiger partial charge in [0.2, 0.25) is 5.91 Å². The third-order valence-corrected chi connectivity index (χ3v) is 5.34. The summed E-state index contributed by atoms with van der Waals surface area (Å²) in [6.07, 6.45) is 1.63. The molecule has 0 spiro atoms. The first-order chi connectivity index (χ1) is 10.6. The molecule has 1 aliphatic rings. The van der Waals surface area contributed by atoms with Gasteiger partial charge in [-0.05, 0) is 13.8 Å². The van der Waals surface area contributed by atoms with Gasteiger partial charge in [0.05, 0.1) is 12.6 Å². The van der Waals surface area contributed by atoms with Crippen LogP contribution in [0.25, 0.3) is 0 Å². The first-order valence-electron chi connectivity index (χ1n) is 7.11. The largest absolute Gasteiger partial charge is 0.368 e. The number of amides is 1. The summed E-state index contributed by atoms with van der Waals surface area (Å²) < 4.78 is 5.81. The van der Waals surface area contributed by atoms with E-state index in [9.17, 15) is 4.79 Å². The molecule has 2 atom stereocenters. The van der Waals surface area contributed by atoms with Crippen LogP contribution in [-0.2, 0) is 9.53 Å². The lowest BCUT2D eigenvalue weighted by Gasteiger charge is -2.35. The van der Waals surface area contributed by atoms with E-state index in [1.165, 1.54) is 11.3 Å². The van der Waals surface area contributed by atoms with Gasteiger partial charge in [0.25, 0.3) is 0 Å². The van der Waals surface area contributed by atoms with Crippen LogP contribution < -0.4 is 5.32 Å². The van der Waals surface area contributed by atoms with E-state index in [0.717, 1.165) is 17.2 Å². The van der Waals surface area contributed by atoms with Crippen molar-refractivity contribution in [2.24, 2.45) is 0 Å². The third-order valence-electron chi connectivity index (χ3n) is 3.60. The van der Waals surface area contributed by atoms with Crippen molar-refractivity contribution in [1.82, 2.24) is 14.9 Å². The summed E-state index contributed by atoms with van der Waals surface area (Å²) >= 11 is 3.03. The van der Waals surface area contributed by atoms with Crippen molar-refractivity contribution in [1.29, 1.82) is 0 Å². The van der Waals surface area contributed by atoms with Crippen molar-refractivity contribution in [2.75, 3.05) is 25.0 Å². The Labute approximate surface area is 137 Å². The van der Waals surface area contributed by atoms with Crippen LogP contribution >= 0.6 is 22.7 Å². The number of anilines is 1. The van der Waals surface area contributed by atoms with E-state index < -0.39 is 0 Å². The molecule has 1 N–H and O–H groups in total. The van der Waals surface area contributed by atoms with Gasteiger partial charge in [-0.2, -0.15) is 0 Å². The minimum atomic E-state index is -0.226. The molecule has 22 heavy (non-hydrogen) atoms. The van der Waals surface area contributed by atoms with Gasteiger partial charge in [-0.1, -0.05) is 0 Å². The molecule has 3 rings (SSSR count). The standard InChI is InChI=1S/C14H18N4O2S2/c1-9-8-22-13(16-9)11-7-18(4-5-20-11)10(2)12(19)17-14-15-3-6-21-14/h3,6,8,10-11H,4-5,7H2,1-2H3,(H,15,17,19). The van der Waals surface area contributed by atoms with E-state index in [1.807, 2.05) is 24.6 Å². The Kier molecular flexibility index (Phi) is 4.82. The molecule has 0 aromatic carbocycles. The normalized spacial score (nSPS) is 20.7. The average Bonchev–Trinajstić information content (AvgIpc) is 3.18. The van der Waals surface area contributed by atoms with Crippen LogP contribution in [0, 0.1) is 6.92 Å². The number of hydrogen-bond donors (Lipinski definition) is 1. The maximum absolute atomic E-state index is 12.3. The van der Waals surface area contributed by atoms with Crippen LogP contribution in [-0.4, -0.2) is 46.5 Å². The summed E-state index contributed by atoms with van der Waals surface area (Å²) in [4.78, 5) is 23.0. The van der Waals surface area contributed by atoms with Gasteiger partial charge in [-0.3, -0.25) is 9.69 Å². The molecule has 2 aromatic heterocycles. The highest BCUT2D eigenvalue weighted by atomic mass is 32.1. The van der Waals surface area contributed by atoms with Gasteiger partial charge in [-0.25, -0.2) is 9.97 Å². The topological polar surface area (TPSA) is 67.4 Å². The molecule has 1 fully saturated rings. The second kappa shape index (κ2) is 6.82. The Hall–Kier alpha value is -1.35. The lowest BCUT2D eigenvalue weighted by atomic mass is 10.2. The minimum Gasteiger partial charge on any atom is -0.368 e. The van der Waals surface area contributed by atoms with Crippen LogP contribution in [0.5, 0.6) is 0 Å². The fourth-order valence-electron chi connectivity index (χ4n) is 2.35. The van der Waals surface area contributed by atoms with Crippen LogP contribution in [0.15, 0.2) is 17.0 Å². The highest BCUT2D eigenvalue weighted by Crippen LogP contribution is 2.26. The predicted octanol–water partition coefficient (Wildman–Crippen LogP) is 2.31. The molecule has 0 radical (unpaired) electrons. The van der Waals surface area contributed by atoms with E-state index in [1.54, 1.807) is 17.5 Å². The van der Waals surface area contributed by atoms with Gasteiger partial charge >= 0.3 is 0 Å². The average molecular weight is 338 g/mol. The molecular formula is C14H18N4O2S2. The molecule has 2 unspecified atom stereocenters. The molecule has 118 valence electrons. The number of morpholine rings is 1. The zero-order valence-electron chi connectivity index (χ0n) is 12.5. The lowest BCUT2D eigenvalue weighted by Crippen LogP contribution is -2.48. The van der Waals surface area contributed by atoms with Crippen molar-refractivity contribution >= 4 is 33.7 Å². The molecule has 0 saturated carbocycles. The number of carbonyl (C=O) groups excluding carboxylic acids is 1. The van der Waals surface area contributed by atoms with Crippen LogP contribution in [0.2, 0.25) is 0 Å². The third kappa shape index (κ3) is 3.52. The van der Waals surface area contributed by atoms with Crippen molar-refractivity contribution in [3.05, 3.63) is 27.7 Å². The Morgan fingerprint density at radius 3 is 3.09 bits per heavy atom. The summed E-state index contributed by atoms with van der Waals surface area (Å²) in [7, 11) is 0. The second-order valence-electron chi connectivity index (χ2n) is 5.18. The van der Waals surface area contributed by atoms with E-state index >= 15 is 0 Å². The number of nitrogens with one attached hydrogen (secondary N) is 1. The molecular weight excluding hydrogens is 320 g/mol. The Morgan fingerprint density at radius 1 is 1.55 bits per heavy atom. The molecule has 2 aromatic rings. The number of carbonyl (C=O) groups is 1. The van der Waals surface area contributed by atoms with Gasteiger partial charge in [0.1, 0.15) is 11.1 Å². The quantitative estimate of drug-likeness (QED) is 0.926. The Morgan fingerprint density at radius 2 is 2.41 bits per heavy atom. The van der Waals surface area contributed by atoms with Crippen molar-refractivity contribution in [3.8, 4) is 0 Å². The molecule has 6 nitrogen and oxygen atoms in total. The number of thiazole rings is 2.